The fourth-order valence-corrected chi connectivity index (χ4v) is 3.28. The molecule has 2 fully saturated rings. The molecule has 0 saturated carbocycles. The maximum absolute atomic E-state index is 12.3. The molecular formula is C17H27N5O2. The van der Waals surface area contributed by atoms with Crippen LogP contribution in [0.4, 0.5) is 5.95 Å². The second-order valence-corrected chi connectivity index (χ2v) is 6.41. The highest BCUT2D eigenvalue weighted by Crippen LogP contribution is 2.20. The predicted molar refractivity (Wildman–Crippen MR) is 91.9 cm³/mol. The van der Waals surface area contributed by atoms with Gasteiger partial charge < -0.3 is 15.0 Å². The molecule has 0 aromatic carbocycles. The predicted octanol–water partition coefficient (Wildman–Crippen LogP) is 0.532. The average molecular weight is 333 g/mol. The number of hydrogen-bond acceptors (Lipinski definition) is 6. The molecule has 132 valence electrons. The molecule has 7 nitrogen and oxygen atoms in total. The number of nitrogens with zero attached hydrogens (tertiary/aromatic N) is 4. The first kappa shape index (κ1) is 17.1. The molecule has 0 bridgehead atoms. The van der Waals surface area contributed by atoms with Crippen molar-refractivity contribution in [3.63, 3.8) is 0 Å². The van der Waals surface area contributed by atoms with E-state index in [-0.39, 0.29) is 11.8 Å². The lowest BCUT2D eigenvalue weighted by Gasteiger charge is -2.31. The summed E-state index contributed by atoms with van der Waals surface area (Å²) in [6.07, 6.45) is 6.26. The van der Waals surface area contributed by atoms with E-state index in [2.05, 4.69) is 25.1 Å². The number of anilines is 1. The standard InChI is InChI=1S/C17H27N5O2/c23-16(18-7-2-8-21-11-13-24-14-12-21)15-3-9-22(10-4-15)17-19-5-1-6-20-17/h1,5-6,15H,2-4,7-14H2,(H,18,23). The molecule has 2 aliphatic rings. The normalized spacial score (nSPS) is 20.1. The van der Waals surface area contributed by atoms with Crippen LogP contribution in [0.2, 0.25) is 0 Å². The SMILES string of the molecule is O=C(NCCCN1CCOCC1)C1CCN(c2ncccn2)CC1. The Morgan fingerprint density at radius 3 is 2.58 bits per heavy atom. The second kappa shape index (κ2) is 8.94. The third-order valence-electron chi connectivity index (χ3n) is 4.75. The third-order valence-corrected chi connectivity index (χ3v) is 4.75. The number of morpholine rings is 1. The minimum absolute atomic E-state index is 0.119. The number of piperidine rings is 1. The lowest BCUT2D eigenvalue weighted by Crippen LogP contribution is -2.42. The smallest absolute Gasteiger partial charge is 0.225 e. The zero-order valence-corrected chi connectivity index (χ0v) is 14.2. The minimum atomic E-state index is 0.119. The van der Waals surface area contributed by atoms with Crippen LogP contribution in [0.1, 0.15) is 19.3 Å². The van der Waals surface area contributed by atoms with Gasteiger partial charge in [0.05, 0.1) is 13.2 Å². The molecule has 0 spiro atoms. The van der Waals surface area contributed by atoms with Crippen LogP contribution in [0.5, 0.6) is 0 Å². The number of carbonyl (C=O) groups excluding carboxylic acids is 1. The molecular weight excluding hydrogens is 306 g/mol. The van der Waals surface area contributed by atoms with Crippen molar-refractivity contribution in [1.82, 2.24) is 20.2 Å². The Bertz CT molecular complexity index is 499. The van der Waals surface area contributed by atoms with Crippen molar-refractivity contribution >= 4 is 11.9 Å². The van der Waals surface area contributed by atoms with Crippen LogP contribution >= 0.6 is 0 Å². The van der Waals surface area contributed by atoms with Gasteiger partial charge in [-0.3, -0.25) is 9.69 Å². The van der Waals surface area contributed by atoms with Crippen LogP contribution in [0.25, 0.3) is 0 Å². The Hall–Kier alpha value is -1.73. The minimum Gasteiger partial charge on any atom is -0.379 e. The molecule has 3 heterocycles. The molecule has 0 atom stereocenters. The van der Waals surface area contributed by atoms with E-state index in [1.807, 2.05) is 6.07 Å². The first-order chi connectivity index (χ1) is 11.8. The van der Waals surface area contributed by atoms with Gasteiger partial charge in [-0.05, 0) is 31.9 Å². The first-order valence-corrected chi connectivity index (χ1v) is 8.93. The third kappa shape index (κ3) is 4.88. The molecule has 7 heteroatoms. The van der Waals surface area contributed by atoms with Gasteiger partial charge >= 0.3 is 0 Å². The van der Waals surface area contributed by atoms with Crippen LogP contribution in [0, 0.1) is 5.92 Å². The van der Waals surface area contributed by atoms with Crippen LogP contribution in [-0.4, -0.2) is 73.3 Å². The molecule has 1 aromatic rings. The largest absolute Gasteiger partial charge is 0.379 e. The molecule has 1 amide bonds. The molecule has 2 saturated heterocycles. The van der Waals surface area contributed by atoms with Crippen LogP contribution < -0.4 is 10.2 Å². The Morgan fingerprint density at radius 2 is 1.88 bits per heavy atom. The fraction of sp³-hybridized carbons (Fsp3) is 0.706. The van der Waals surface area contributed by atoms with E-state index in [4.69, 9.17) is 4.74 Å². The van der Waals surface area contributed by atoms with Crippen molar-refractivity contribution in [2.24, 2.45) is 5.92 Å². The summed E-state index contributed by atoms with van der Waals surface area (Å²) in [7, 11) is 0. The van der Waals surface area contributed by atoms with Crippen molar-refractivity contribution in [1.29, 1.82) is 0 Å². The lowest BCUT2D eigenvalue weighted by atomic mass is 9.96. The second-order valence-electron chi connectivity index (χ2n) is 6.41. The Labute approximate surface area is 143 Å². The lowest BCUT2D eigenvalue weighted by molar-refractivity contribution is -0.125. The highest BCUT2D eigenvalue weighted by atomic mass is 16.5. The van der Waals surface area contributed by atoms with Gasteiger partial charge in [0.15, 0.2) is 0 Å². The number of hydrogen-bond donors (Lipinski definition) is 1. The van der Waals surface area contributed by atoms with Gasteiger partial charge in [-0.1, -0.05) is 0 Å². The highest BCUT2D eigenvalue weighted by Gasteiger charge is 2.25. The number of amides is 1. The summed E-state index contributed by atoms with van der Waals surface area (Å²) in [6, 6.07) is 1.82. The summed E-state index contributed by atoms with van der Waals surface area (Å²) < 4.78 is 5.34. The Balaban J connectivity index is 1.32. The van der Waals surface area contributed by atoms with E-state index in [0.717, 1.165) is 77.7 Å². The number of nitrogens with one attached hydrogen (secondary N) is 1. The summed E-state index contributed by atoms with van der Waals surface area (Å²) in [5, 5.41) is 3.10. The number of ether oxygens (including phenoxy) is 1. The van der Waals surface area contributed by atoms with Crippen LogP contribution in [0.3, 0.4) is 0 Å². The number of carbonyl (C=O) groups is 1. The summed E-state index contributed by atoms with van der Waals surface area (Å²) in [6.45, 7) is 7.16. The van der Waals surface area contributed by atoms with E-state index in [1.54, 1.807) is 12.4 Å². The monoisotopic (exact) mass is 333 g/mol. The van der Waals surface area contributed by atoms with Crippen molar-refractivity contribution in [2.45, 2.75) is 19.3 Å². The molecule has 1 aromatic heterocycles. The number of aromatic nitrogens is 2. The van der Waals surface area contributed by atoms with Gasteiger partial charge in [0, 0.05) is 51.0 Å². The quantitative estimate of drug-likeness (QED) is 0.766. The van der Waals surface area contributed by atoms with E-state index in [1.165, 1.54) is 0 Å². The van der Waals surface area contributed by atoms with Crippen molar-refractivity contribution in [2.75, 3.05) is 57.4 Å². The number of rotatable bonds is 6. The fourth-order valence-electron chi connectivity index (χ4n) is 3.28. The molecule has 0 radical (unpaired) electrons. The topological polar surface area (TPSA) is 70.6 Å². The van der Waals surface area contributed by atoms with Gasteiger partial charge in [0.25, 0.3) is 0 Å². The van der Waals surface area contributed by atoms with Crippen LogP contribution in [0.15, 0.2) is 18.5 Å². The molecule has 0 unspecified atom stereocenters. The molecule has 1 N–H and O–H groups in total. The van der Waals surface area contributed by atoms with E-state index >= 15 is 0 Å². The van der Waals surface area contributed by atoms with Crippen molar-refractivity contribution in [3.05, 3.63) is 18.5 Å². The van der Waals surface area contributed by atoms with Gasteiger partial charge in [-0.15, -0.1) is 0 Å². The molecule has 0 aliphatic carbocycles. The summed E-state index contributed by atoms with van der Waals surface area (Å²) in [4.78, 5) is 25.4. The highest BCUT2D eigenvalue weighted by molar-refractivity contribution is 5.78. The van der Waals surface area contributed by atoms with Gasteiger partial charge in [0.2, 0.25) is 11.9 Å². The molecule has 24 heavy (non-hydrogen) atoms. The van der Waals surface area contributed by atoms with Gasteiger partial charge in [-0.25, -0.2) is 9.97 Å². The molecule has 3 rings (SSSR count). The maximum atomic E-state index is 12.3. The van der Waals surface area contributed by atoms with Crippen molar-refractivity contribution < 1.29 is 9.53 Å². The van der Waals surface area contributed by atoms with E-state index in [9.17, 15) is 4.79 Å². The Morgan fingerprint density at radius 1 is 1.17 bits per heavy atom. The summed E-state index contributed by atoms with van der Waals surface area (Å²) in [5.41, 5.74) is 0. The zero-order valence-electron chi connectivity index (χ0n) is 14.2. The Kier molecular flexibility index (Phi) is 6.37. The summed E-state index contributed by atoms with van der Waals surface area (Å²) in [5.74, 6) is 1.08. The van der Waals surface area contributed by atoms with Crippen molar-refractivity contribution in [3.8, 4) is 0 Å². The summed E-state index contributed by atoms with van der Waals surface area (Å²) >= 11 is 0. The van der Waals surface area contributed by atoms with Crippen LogP contribution in [-0.2, 0) is 9.53 Å². The molecule has 2 aliphatic heterocycles. The average Bonchev–Trinajstić information content (AvgIpc) is 2.67. The zero-order chi connectivity index (χ0) is 16.6. The first-order valence-electron chi connectivity index (χ1n) is 8.93. The van der Waals surface area contributed by atoms with E-state index in [0.29, 0.717) is 0 Å². The van der Waals surface area contributed by atoms with Gasteiger partial charge in [-0.2, -0.15) is 0 Å². The maximum Gasteiger partial charge on any atom is 0.225 e. The van der Waals surface area contributed by atoms with E-state index < -0.39 is 0 Å². The van der Waals surface area contributed by atoms with Gasteiger partial charge in [0.1, 0.15) is 0 Å².